The van der Waals surface area contributed by atoms with Crippen LogP contribution in [0, 0.1) is 12.3 Å². The van der Waals surface area contributed by atoms with Crippen molar-refractivity contribution in [1.29, 1.82) is 0 Å². The van der Waals surface area contributed by atoms with E-state index in [1.165, 1.54) is 0 Å². The monoisotopic (exact) mass is 152 g/mol. The molecule has 0 fully saturated rings. The molecule has 0 rings (SSSR count). The molecule has 60 valence electrons. The Labute approximate surface area is 67.0 Å². The van der Waals surface area contributed by atoms with Crippen molar-refractivity contribution in [2.24, 2.45) is 0 Å². The van der Waals surface area contributed by atoms with Crippen molar-refractivity contribution in [2.75, 3.05) is 0 Å². The zero-order chi connectivity index (χ0) is 8.53. The molecule has 0 saturated heterocycles. The van der Waals surface area contributed by atoms with Crippen LogP contribution in [0.3, 0.4) is 0 Å². The van der Waals surface area contributed by atoms with Gasteiger partial charge in [0.1, 0.15) is 12.1 Å². The molecule has 0 heterocycles. The third-order valence-electron chi connectivity index (χ3n) is 1.32. The number of unbranched alkanes of at least 4 members (excludes halogenated alkanes) is 1. The largest absolute Gasteiger partial charge is 0.303 e. The van der Waals surface area contributed by atoms with E-state index >= 15 is 0 Å². The molecule has 0 radical (unpaired) electrons. The van der Waals surface area contributed by atoms with Crippen LogP contribution in [0.2, 0.25) is 0 Å². The van der Waals surface area contributed by atoms with E-state index in [0.29, 0.717) is 25.7 Å². The topological polar surface area (TPSA) is 34.1 Å². The lowest BCUT2D eigenvalue weighted by Gasteiger charge is -1.93. The van der Waals surface area contributed by atoms with Crippen LogP contribution in [0.1, 0.15) is 32.1 Å². The Balaban J connectivity index is 3.24. The maximum absolute atomic E-state index is 10.8. The predicted octanol–water partition coefficient (Wildman–Crippen LogP) is 1.34. The first-order valence-electron chi connectivity index (χ1n) is 3.70. The van der Waals surface area contributed by atoms with Crippen LogP contribution in [0.4, 0.5) is 0 Å². The van der Waals surface area contributed by atoms with Crippen LogP contribution in [0.15, 0.2) is 0 Å². The minimum atomic E-state index is 0.132. The zero-order valence-electron chi connectivity index (χ0n) is 6.51. The summed E-state index contributed by atoms with van der Waals surface area (Å²) in [5, 5.41) is 0. The summed E-state index contributed by atoms with van der Waals surface area (Å²) in [4.78, 5) is 20.7. The Hall–Kier alpha value is -1.10. The van der Waals surface area contributed by atoms with E-state index in [2.05, 4.69) is 5.92 Å². The van der Waals surface area contributed by atoms with E-state index in [9.17, 15) is 9.59 Å². The lowest BCUT2D eigenvalue weighted by atomic mass is 10.1. The average molecular weight is 152 g/mol. The Morgan fingerprint density at radius 1 is 1.45 bits per heavy atom. The number of carbonyl (C=O) groups is 2. The highest BCUT2D eigenvalue weighted by atomic mass is 16.1. The molecule has 0 aromatic rings. The summed E-state index contributed by atoms with van der Waals surface area (Å²) in [6, 6.07) is 0. The standard InChI is InChI=1S/C9H12O2/c1-2-3-4-6-9(11)7-5-8-10/h1,8H,3-7H2. The lowest BCUT2D eigenvalue weighted by molar-refractivity contribution is -0.120. The van der Waals surface area contributed by atoms with Crippen LogP contribution in [-0.2, 0) is 9.59 Å². The fourth-order valence-corrected chi connectivity index (χ4v) is 0.733. The van der Waals surface area contributed by atoms with E-state index in [4.69, 9.17) is 6.42 Å². The summed E-state index contributed by atoms with van der Waals surface area (Å²) in [6.45, 7) is 0. The second-order valence-electron chi connectivity index (χ2n) is 2.30. The minimum Gasteiger partial charge on any atom is -0.303 e. The molecular weight excluding hydrogens is 140 g/mol. The molecule has 2 nitrogen and oxygen atoms in total. The molecule has 0 saturated carbocycles. The van der Waals surface area contributed by atoms with Crippen molar-refractivity contribution < 1.29 is 9.59 Å². The maximum atomic E-state index is 10.8. The molecule has 11 heavy (non-hydrogen) atoms. The van der Waals surface area contributed by atoms with E-state index in [1.807, 2.05) is 0 Å². The van der Waals surface area contributed by atoms with Crippen LogP contribution in [0.5, 0.6) is 0 Å². The van der Waals surface area contributed by atoms with Crippen molar-refractivity contribution >= 4 is 12.1 Å². The quantitative estimate of drug-likeness (QED) is 0.327. The number of hydrogen-bond acceptors (Lipinski definition) is 2. The van der Waals surface area contributed by atoms with Crippen molar-refractivity contribution in [3.63, 3.8) is 0 Å². The number of ketones is 1. The average Bonchev–Trinajstić information content (AvgIpc) is 2.01. The smallest absolute Gasteiger partial charge is 0.133 e. The Bertz CT molecular complexity index is 165. The Morgan fingerprint density at radius 2 is 2.18 bits per heavy atom. The maximum Gasteiger partial charge on any atom is 0.133 e. The van der Waals surface area contributed by atoms with E-state index < -0.39 is 0 Å². The summed E-state index contributed by atoms with van der Waals surface area (Å²) in [6.07, 6.45) is 8.37. The zero-order valence-corrected chi connectivity index (χ0v) is 6.51. The molecule has 0 aromatic carbocycles. The van der Waals surface area contributed by atoms with E-state index in [0.717, 1.165) is 12.7 Å². The number of carbonyl (C=O) groups excluding carboxylic acids is 2. The van der Waals surface area contributed by atoms with E-state index in [-0.39, 0.29) is 5.78 Å². The van der Waals surface area contributed by atoms with Gasteiger partial charge in [0.2, 0.25) is 0 Å². The molecule has 0 bridgehead atoms. The van der Waals surface area contributed by atoms with Gasteiger partial charge >= 0.3 is 0 Å². The third kappa shape index (κ3) is 6.79. The lowest BCUT2D eigenvalue weighted by Crippen LogP contribution is -1.97. The highest BCUT2D eigenvalue weighted by Crippen LogP contribution is 1.99. The molecule has 0 aliphatic rings. The first-order chi connectivity index (χ1) is 5.31. The first kappa shape index (κ1) is 9.90. The molecule has 0 N–H and O–H groups in total. The number of Topliss-reactive ketones (excluding diaryl/α,β-unsaturated/α-hetero) is 1. The molecule has 0 amide bonds. The fraction of sp³-hybridized carbons (Fsp3) is 0.556. The molecule has 0 aromatic heterocycles. The van der Waals surface area contributed by atoms with Gasteiger partial charge in [0.15, 0.2) is 0 Å². The highest BCUT2D eigenvalue weighted by molar-refractivity contribution is 5.80. The fourth-order valence-electron chi connectivity index (χ4n) is 0.733. The van der Waals surface area contributed by atoms with Gasteiger partial charge in [-0.2, -0.15) is 0 Å². The summed E-state index contributed by atoms with van der Waals surface area (Å²) >= 11 is 0. The summed E-state index contributed by atoms with van der Waals surface area (Å²) in [5.41, 5.74) is 0. The van der Waals surface area contributed by atoms with Gasteiger partial charge in [-0.05, 0) is 6.42 Å². The van der Waals surface area contributed by atoms with Gasteiger partial charge in [-0.15, -0.1) is 12.3 Å². The summed E-state index contributed by atoms with van der Waals surface area (Å²) in [7, 11) is 0. The predicted molar refractivity (Wildman–Crippen MR) is 43.0 cm³/mol. The molecular formula is C9H12O2. The minimum absolute atomic E-state index is 0.132. The number of aldehydes is 1. The van der Waals surface area contributed by atoms with Gasteiger partial charge in [0, 0.05) is 25.7 Å². The number of hydrogen-bond donors (Lipinski definition) is 0. The van der Waals surface area contributed by atoms with Crippen molar-refractivity contribution in [2.45, 2.75) is 32.1 Å². The third-order valence-corrected chi connectivity index (χ3v) is 1.32. The van der Waals surface area contributed by atoms with E-state index in [1.54, 1.807) is 0 Å². The van der Waals surface area contributed by atoms with Crippen LogP contribution in [-0.4, -0.2) is 12.1 Å². The van der Waals surface area contributed by atoms with Crippen LogP contribution in [0.25, 0.3) is 0 Å². The van der Waals surface area contributed by atoms with Gasteiger partial charge in [0.25, 0.3) is 0 Å². The SMILES string of the molecule is C#CCCCC(=O)CCC=O. The molecule has 0 aliphatic heterocycles. The Morgan fingerprint density at radius 3 is 2.73 bits per heavy atom. The normalized spacial score (nSPS) is 8.64. The molecule has 0 unspecified atom stereocenters. The number of rotatable bonds is 6. The van der Waals surface area contributed by atoms with Crippen LogP contribution >= 0.6 is 0 Å². The molecule has 0 aliphatic carbocycles. The van der Waals surface area contributed by atoms with Gasteiger partial charge in [-0.3, -0.25) is 4.79 Å². The van der Waals surface area contributed by atoms with Crippen molar-refractivity contribution in [3.05, 3.63) is 0 Å². The van der Waals surface area contributed by atoms with Crippen LogP contribution < -0.4 is 0 Å². The number of terminal acetylenes is 1. The summed E-state index contributed by atoms with van der Waals surface area (Å²) in [5.74, 6) is 2.59. The Kier molecular flexibility index (Phi) is 6.31. The van der Waals surface area contributed by atoms with Gasteiger partial charge in [-0.1, -0.05) is 0 Å². The molecule has 2 heteroatoms. The second-order valence-corrected chi connectivity index (χ2v) is 2.30. The van der Waals surface area contributed by atoms with Crippen molar-refractivity contribution in [1.82, 2.24) is 0 Å². The van der Waals surface area contributed by atoms with Gasteiger partial charge in [0.05, 0.1) is 0 Å². The van der Waals surface area contributed by atoms with Crippen molar-refractivity contribution in [3.8, 4) is 12.3 Å². The highest BCUT2D eigenvalue weighted by Gasteiger charge is 1.99. The van der Waals surface area contributed by atoms with Gasteiger partial charge in [-0.25, -0.2) is 0 Å². The molecule has 0 spiro atoms. The molecule has 0 atom stereocenters. The summed E-state index contributed by atoms with van der Waals surface area (Å²) < 4.78 is 0. The van der Waals surface area contributed by atoms with Gasteiger partial charge < -0.3 is 4.79 Å². The second kappa shape index (κ2) is 7.01. The first-order valence-corrected chi connectivity index (χ1v) is 3.70.